The minimum absolute atomic E-state index is 0.0309. The topological polar surface area (TPSA) is 96.9 Å². The lowest BCUT2D eigenvalue weighted by molar-refractivity contribution is -0.285. The van der Waals surface area contributed by atoms with E-state index in [9.17, 15) is 20.6 Å². The van der Waals surface area contributed by atoms with Gasteiger partial charge in [0.05, 0.1) is 18.8 Å². The van der Waals surface area contributed by atoms with Crippen LogP contribution in [0.15, 0.2) is 12.1 Å². The molecule has 0 radical (unpaired) electrons. The molecule has 2 heterocycles. The Morgan fingerprint density at radius 3 is 2.58 bits per heavy atom. The summed E-state index contributed by atoms with van der Waals surface area (Å²) in [5.74, 6) is 0.653. The molecular weight excluding hydrogens is 416 g/mol. The fourth-order valence-corrected chi connectivity index (χ4v) is 9.11. The maximum absolute atomic E-state index is 12.1. The van der Waals surface area contributed by atoms with Gasteiger partial charge in [-0.05, 0) is 55.9 Å². The molecule has 4 bridgehead atoms. The Balaban J connectivity index is 1.66. The molecular formula is C27H36N2O4. The second-order valence-electron chi connectivity index (χ2n) is 12.7. The van der Waals surface area contributed by atoms with Crippen LogP contribution in [0.1, 0.15) is 70.1 Å². The minimum Gasteiger partial charge on any atom is -0.488 e. The molecule has 7 atom stereocenters. The number of fused-ring (bicyclic) bond motifs is 2. The molecule has 3 saturated carbocycles. The highest BCUT2D eigenvalue weighted by atomic mass is 16.5. The van der Waals surface area contributed by atoms with E-state index in [0.717, 1.165) is 43.4 Å². The summed E-state index contributed by atoms with van der Waals surface area (Å²) in [5.41, 5.74) is 0.804. The number of benzene rings is 1. The maximum Gasteiger partial charge on any atom is 0.179 e. The van der Waals surface area contributed by atoms with Crippen LogP contribution in [0.25, 0.3) is 0 Å². The highest BCUT2D eigenvalue weighted by Gasteiger charge is 2.81. The van der Waals surface area contributed by atoms with Crippen molar-refractivity contribution in [3.8, 4) is 11.9 Å². The summed E-state index contributed by atoms with van der Waals surface area (Å²) in [4.78, 5) is 1.99. The highest BCUT2D eigenvalue weighted by molar-refractivity contribution is 5.61. The first-order valence-electron chi connectivity index (χ1n) is 12.5. The molecule has 1 aromatic carbocycles. The quantitative estimate of drug-likeness (QED) is 0.611. The Morgan fingerprint density at radius 2 is 1.94 bits per heavy atom. The third-order valence-corrected chi connectivity index (χ3v) is 11.1. The first-order valence-corrected chi connectivity index (χ1v) is 12.5. The molecule has 2 aliphatic heterocycles. The van der Waals surface area contributed by atoms with Crippen LogP contribution in [-0.2, 0) is 18.4 Å². The molecule has 6 aliphatic rings. The molecule has 7 rings (SSSR count). The van der Waals surface area contributed by atoms with Gasteiger partial charge in [-0.2, -0.15) is 5.26 Å². The predicted octanol–water partition coefficient (Wildman–Crippen LogP) is 2.87. The molecule has 4 aliphatic carbocycles. The van der Waals surface area contributed by atoms with Gasteiger partial charge in [-0.1, -0.05) is 32.9 Å². The van der Waals surface area contributed by atoms with Crippen LogP contribution in [0.2, 0.25) is 0 Å². The molecule has 6 nitrogen and oxygen atoms in total. The molecule has 6 heteroatoms. The largest absolute Gasteiger partial charge is 0.488 e. The summed E-state index contributed by atoms with van der Waals surface area (Å²) in [6.45, 7) is 8.73. The number of hydrogen-bond donors (Lipinski definition) is 3. The number of nitriles is 1. The Hall–Kier alpha value is -1.81. The number of hydrogen-bond acceptors (Lipinski definition) is 6. The molecule has 2 spiro atoms. The molecule has 0 aromatic heterocycles. The van der Waals surface area contributed by atoms with E-state index in [1.165, 1.54) is 11.1 Å². The number of ether oxygens (including phenoxy) is 1. The second-order valence-corrected chi connectivity index (χ2v) is 12.7. The monoisotopic (exact) mass is 452 g/mol. The van der Waals surface area contributed by atoms with Crippen LogP contribution in [0.3, 0.4) is 0 Å². The summed E-state index contributed by atoms with van der Waals surface area (Å²) in [5, 5.41) is 43.4. The summed E-state index contributed by atoms with van der Waals surface area (Å²) >= 11 is 0. The van der Waals surface area contributed by atoms with Crippen molar-refractivity contribution in [1.82, 2.24) is 4.90 Å². The van der Waals surface area contributed by atoms with E-state index < -0.39 is 11.0 Å². The van der Waals surface area contributed by atoms with E-state index in [2.05, 4.69) is 33.0 Å². The van der Waals surface area contributed by atoms with E-state index in [1.54, 1.807) is 0 Å². The van der Waals surface area contributed by atoms with Crippen molar-refractivity contribution >= 4 is 0 Å². The van der Waals surface area contributed by atoms with Crippen molar-refractivity contribution in [3.05, 3.63) is 28.8 Å². The van der Waals surface area contributed by atoms with E-state index in [1.807, 2.05) is 17.9 Å². The number of nitrogens with zero attached hydrogens (tertiary/aromatic N) is 2. The zero-order valence-electron chi connectivity index (χ0n) is 20.2. The molecule has 178 valence electrons. The van der Waals surface area contributed by atoms with Gasteiger partial charge in [-0.25, -0.2) is 0 Å². The minimum atomic E-state index is -1.02. The number of rotatable bonds is 3. The summed E-state index contributed by atoms with van der Waals surface area (Å²) in [7, 11) is 0. The van der Waals surface area contributed by atoms with Gasteiger partial charge in [-0.3, -0.25) is 0 Å². The average molecular weight is 453 g/mol. The molecule has 4 fully saturated rings. The van der Waals surface area contributed by atoms with Crippen molar-refractivity contribution in [2.45, 2.75) is 89.6 Å². The van der Waals surface area contributed by atoms with Gasteiger partial charge < -0.3 is 25.0 Å². The first-order chi connectivity index (χ1) is 15.5. The van der Waals surface area contributed by atoms with E-state index >= 15 is 0 Å². The molecule has 1 aromatic rings. The number of aliphatic hydroxyl groups excluding tert-OH is 2. The van der Waals surface area contributed by atoms with Crippen LogP contribution >= 0.6 is 0 Å². The van der Waals surface area contributed by atoms with Crippen molar-refractivity contribution in [1.29, 1.82) is 5.26 Å². The Labute approximate surface area is 196 Å². The number of piperidine rings is 1. The summed E-state index contributed by atoms with van der Waals surface area (Å²) in [6.07, 6.45) is 6.32. The third kappa shape index (κ3) is 2.13. The van der Waals surface area contributed by atoms with Gasteiger partial charge in [0, 0.05) is 40.0 Å². The second kappa shape index (κ2) is 6.24. The van der Waals surface area contributed by atoms with Gasteiger partial charge in [0.1, 0.15) is 11.9 Å². The van der Waals surface area contributed by atoms with Gasteiger partial charge in [-0.15, -0.1) is 0 Å². The van der Waals surface area contributed by atoms with E-state index in [-0.39, 0.29) is 47.5 Å². The zero-order valence-corrected chi connectivity index (χ0v) is 20.2. The van der Waals surface area contributed by atoms with Crippen LogP contribution < -0.4 is 4.74 Å². The zero-order chi connectivity index (χ0) is 23.6. The van der Waals surface area contributed by atoms with E-state index in [0.29, 0.717) is 6.54 Å². The number of aliphatic hydroxyl groups is 3. The molecule has 0 amide bonds. The maximum atomic E-state index is 12.1. The lowest BCUT2D eigenvalue weighted by Crippen LogP contribution is -2.80. The Kier molecular flexibility index (Phi) is 4.11. The Bertz CT molecular complexity index is 1070. The predicted molar refractivity (Wildman–Crippen MR) is 122 cm³/mol. The fourth-order valence-electron chi connectivity index (χ4n) is 9.11. The summed E-state index contributed by atoms with van der Waals surface area (Å²) in [6, 6.07) is 4.15. The van der Waals surface area contributed by atoms with E-state index in [4.69, 9.17) is 4.74 Å². The molecule has 33 heavy (non-hydrogen) atoms. The normalized spacial score (nSPS) is 41.8. The molecule has 1 saturated heterocycles. The molecule has 0 unspecified atom stereocenters. The smallest absolute Gasteiger partial charge is 0.179 e. The Morgan fingerprint density at radius 1 is 1.18 bits per heavy atom. The SMILES string of the molecule is CC(C)(C)[C@](C)(O)[C@H]1C[C@@]23CC[C@]1(CO)[C@@H]1Oc4c(CO)ccc5c4[C@@]12CCN(C#N)[C@@H]3C5. The van der Waals surface area contributed by atoms with Crippen molar-refractivity contribution in [3.63, 3.8) is 0 Å². The average Bonchev–Trinajstić information content (AvgIpc) is 3.15. The van der Waals surface area contributed by atoms with Gasteiger partial charge >= 0.3 is 0 Å². The first kappa shape index (κ1) is 21.7. The summed E-state index contributed by atoms with van der Waals surface area (Å²) < 4.78 is 6.90. The number of likely N-dealkylation sites (tertiary alicyclic amines) is 1. The van der Waals surface area contributed by atoms with Gasteiger partial charge in [0.15, 0.2) is 6.19 Å². The van der Waals surface area contributed by atoms with Crippen LogP contribution in [0, 0.1) is 33.6 Å². The van der Waals surface area contributed by atoms with Gasteiger partial charge in [0.25, 0.3) is 0 Å². The fraction of sp³-hybridized carbons (Fsp3) is 0.741. The third-order valence-electron chi connectivity index (χ3n) is 11.1. The lowest BCUT2D eigenvalue weighted by atomic mass is 9.31. The van der Waals surface area contributed by atoms with Crippen molar-refractivity contribution < 1.29 is 20.1 Å². The van der Waals surface area contributed by atoms with Gasteiger partial charge in [0.2, 0.25) is 0 Å². The highest BCUT2D eigenvalue weighted by Crippen LogP contribution is 2.79. The van der Waals surface area contributed by atoms with Crippen LogP contribution in [0.5, 0.6) is 5.75 Å². The van der Waals surface area contributed by atoms with Crippen molar-refractivity contribution in [2.75, 3.05) is 13.2 Å². The van der Waals surface area contributed by atoms with Crippen LogP contribution in [-0.4, -0.2) is 51.1 Å². The van der Waals surface area contributed by atoms with Crippen LogP contribution in [0.4, 0.5) is 0 Å². The lowest BCUT2D eigenvalue weighted by Gasteiger charge is -2.75. The standard InChI is InChI=1S/C27H36N2O4/c1-23(2,3)24(4,32)18-12-26-8-7-25(18,14-31)22-27(26)9-10-29(15-28)19(26)11-16-5-6-17(13-30)21(33-22)20(16)27/h5-6,18-19,22,30-32H,7-14H2,1-4H3/t18-,19-,22+,24-,25-,26-,27+/m1/s1. The molecule has 3 N–H and O–H groups in total. The van der Waals surface area contributed by atoms with Crippen molar-refractivity contribution in [2.24, 2.45) is 22.2 Å².